The van der Waals surface area contributed by atoms with Gasteiger partial charge in [0.2, 0.25) is 0 Å². The van der Waals surface area contributed by atoms with Crippen molar-refractivity contribution < 1.29 is 8.78 Å². The Labute approximate surface area is 118 Å². The molecule has 0 unspecified atom stereocenters. The van der Waals surface area contributed by atoms with Crippen LogP contribution in [0.5, 0.6) is 0 Å². The zero-order chi connectivity index (χ0) is 14.4. The molecule has 2 rings (SSSR count). The summed E-state index contributed by atoms with van der Waals surface area (Å²) < 4.78 is 27.0. The Bertz CT molecular complexity index is 388. The van der Waals surface area contributed by atoms with E-state index in [1.807, 2.05) is 16.9 Å². The summed E-state index contributed by atoms with van der Waals surface area (Å²) in [5.74, 6) is 0. The van der Waals surface area contributed by atoms with Crippen molar-refractivity contribution in [2.75, 3.05) is 19.6 Å². The highest BCUT2D eigenvalue weighted by Crippen LogP contribution is 2.27. The fourth-order valence-corrected chi connectivity index (χ4v) is 2.85. The van der Waals surface area contributed by atoms with E-state index in [2.05, 4.69) is 5.10 Å². The fourth-order valence-electron chi connectivity index (χ4n) is 2.85. The molecule has 1 aliphatic rings. The first-order valence-corrected chi connectivity index (χ1v) is 7.43. The molecular weight excluding hydrogens is 262 g/mol. The Morgan fingerprint density at radius 1 is 1.35 bits per heavy atom. The molecule has 1 aromatic heterocycles. The van der Waals surface area contributed by atoms with Crippen LogP contribution in [-0.2, 0) is 6.54 Å². The molecule has 2 N–H and O–H groups in total. The molecule has 4 nitrogen and oxygen atoms in total. The second-order valence-corrected chi connectivity index (χ2v) is 5.49. The number of aromatic nitrogens is 2. The highest BCUT2D eigenvalue weighted by atomic mass is 19.3. The minimum Gasteiger partial charge on any atom is -0.329 e. The summed E-state index contributed by atoms with van der Waals surface area (Å²) in [6, 6.07) is 2.42. The van der Waals surface area contributed by atoms with Crippen molar-refractivity contribution in [1.29, 1.82) is 0 Å². The molecule has 0 aromatic carbocycles. The molecule has 114 valence electrons. The Morgan fingerprint density at radius 3 is 2.75 bits per heavy atom. The van der Waals surface area contributed by atoms with Crippen molar-refractivity contribution in [3.05, 3.63) is 18.0 Å². The van der Waals surface area contributed by atoms with E-state index in [1.54, 1.807) is 4.90 Å². The highest BCUT2D eigenvalue weighted by molar-refractivity contribution is 5.00. The second-order valence-electron chi connectivity index (χ2n) is 5.49. The number of nitrogens with zero attached hydrogens (tertiary/aromatic N) is 3. The molecule has 0 bridgehead atoms. The first-order valence-electron chi connectivity index (χ1n) is 7.43. The van der Waals surface area contributed by atoms with E-state index in [9.17, 15) is 8.78 Å². The third-order valence-corrected chi connectivity index (χ3v) is 3.84. The smallest absolute Gasteiger partial charge is 0.251 e. The number of nitrogens with two attached hydrogens (primary N) is 1. The molecule has 1 saturated carbocycles. The van der Waals surface area contributed by atoms with E-state index in [1.165, 1.54) is 32.1 Å². The van der Waals surface area contributed by atoms with Crippen molar-refractivity contribution in [3.63, 3.8) is 0 Å². The Hall–Kier alpha value is -1.01. The van der Waals surface area contributed by atoms with Crippen LogP contribution in [-0.4, -0.2) is 40.7 Å². The van der Waals surface area contributed by atoms with Crippen LogP contribution in [0.1, 0.15) is 43.8 Å². The Kier molecular flexibility index (Phi) is 5.91. The number of alkyl halides is 2. The maximum Gasteiger partial charge on any atom is 0.251 e. The lowest BCUT2D eigenvalue weighted by Gasteiger charge is -2.22. The number of hydrogen-bond acceptors (Lipinski definition) is 3. The average molecular weight is 286 g/mol. The summed E-state index contributed by atoms with van der Waals surface area (Å²) >= 11 is 0. The third-order valence-electron chi connectivity index (χ3n) is 3.84. The van der Waals surface area contributed by atoms with Crippen LogP contribution in [0.4, 0.5) is 8.78 Å². The van der Waals surface area contributed by atoms with Gasteiger partial charge in [0.05, 0.1) is 18.3 Å². The van der Waals surface area contributed by atoms with Gasteiger partial charge >= 0.3 is 0 Å². The molecule has 1 fully saturated rings. The maximum absolute atomic E-state index is 12.5. The third kappa shape index (κ3) is 4.52. The minimum atomic E-state index is -2.33. The first-order chi connectivity index (χ1) is 9.69. The van der Waals surface area contributed by atoms with E-state index in [4.69, 9.17) is 5.73 Å². The lowest BCUT2D eigenvalue weighted by molar-refractivity contribution is 0.0855. The van der Waals surface area contributed by atoms with Crippen molar-refractivity contribution in [2.45, 2.75) is 51.1 Å². The predicted octanol–water partition coefficient (Wildman–Crippen LogP) is 2.41. The van der Waals surface area contributed by atoms with Gasteiger partial charge in [0.25, 0.3) is 6.43 Å². The number of hydrogen-bond donors (Lipinski definition) is 1. The summed E-state index contributed by atoms with van der Waals surface area (Å²) in [5, 5.41) is 4.55. The number of rotatable bonds is 7. The highest BCUT2D eigenvalue weighted by Gasteiger charge is 2.17. The zero-order valence-corrected chi connectivity index (χ0v) is 11.8. The predicted molar refractivity (Wildman–Crippen MR) is 74.7 cm³/mol. The van der Waals surface area contributed by atoms with Crippen LogP contribution < -0.4 is 5.73 Å². The summed E-state index contributed by atoms with van der Waals surface area (Å²) in [6.07, 6.45) is 5.81. The molecule has 6 heteroatoms. The van der Waals surface area contributed by atoms with Crippen LogP contribution >= 0.6 is 0 Å². The first kappa shape index (κ1) is 15.4. The SMILES string of the molecule is NCCN(Cc1ccn(C2CCCCC2)n1)CC(F)F. The Balaban J connectivity index is 1.92. The van der Waals surface area contributed by atoms with Gasteiger partial charge in [-0.2, -0.15) is 5.10 Å². The van der Waals surface area contributed by atoms with Crippen LogP contribution in [0.15, 0.2) is 12.3 Å². The summed E-state index contributed by atoms with van der Waals surface area (Å²) in [5.41, 5.74) is 6.32. The maximum atomic E-state index is 12.5. The lowest BCUT2D eigenvalue weighted by atomic mass is 9.96. The molecule has 0 spiro atoms. The van der Waals surface area contributed by atoms with Crippen molar-refractivity contribution >= 4 is 0 Å². The molecule has 20 heavy (non-hydrogen) atoms. The van der Waals surface area contributed by atoms with Crippen LogP contribution in [0.25, 0.3) is 0 Å². The van der Waals surface area contributed by atoms with Crippen molar-refractivity contribution in [3.8, 4) is 0 Å². The molecule has 0 aliphatic heterocycles. The topological polar surface area (TPSA) is 47.1 Å². The quantitative estimate of drug-likeness (QED) is 0.837. The van der Waals surface area contributed by atoms with E-state index < -0.39 is 6.43 Å². The molecule has 0 saturated heterocycles. The largest absolute Gasteiger partial charge is 0.329 e. The van der Waals surface area contributed by atoms with Gasteiger partial charge in [-0.3, -0.25) is 9.58 Å². The molecule has 0 amide bonds. The molecule has 1 aromatic rings. The van der Waals surface area contributed by atoms with Gasteiger partial charge in [-0.25, -0.2) is 8.78 Å². The molecule has 0 atom stereocenters. The molecule has 1 aliphatic carbocycles. The van der Waals surface area contributed by atoms with Crippen molar-refractivity contribution in [2.24, 2.45) is 5.73 Å². The monoisotopic (exact) mass is 286 g/mol. The minimum absolute atomic E-state index is 0.243. The summed E-state index contributed by atoms with van der Waals surface area (Å²) in [4.78, 5) is 1.66. The normalized spacial score (nSPS) is 17.2. The van der Waals surface area contributed by atoms with Gasteiger partial charge in [-0.1, -0.05) is 19.3 Å². The van der Waals surface area contributed by atoms with E-state index in [0.29, 0.717) is 25.7 Å². The van der Waals surface area contributed by atoms with Crippen LogP contribution in [0.2, 0.25) is 0 Å². The lowest BCUT2D eigenvalue weighted by Crippen LogP contribution is -2.33. The van der Waals surface area contributed by atoms with Gasteiger partial charge in [-0.15, -0.1) is 0 Å². The van der Waals surface area contributed by atoms with E-state index in [0.717, 1.165) is 5.69 Å². The van der Waals surface area contributed by atoms with Crippen molar-refractivity contribution in [1.82, 2.24) is 14.7 Å². The second kappa shape index (κ2) is 7.69. The Morgan fingerprint density at radius 2 is 2.10 bits per heavy atom. The molecule has 1 heterocycles. The van der Waals surface area contributed by atoms with Gasteiger partial charge in [-0.05, 0) is 18.9 Å². The van der Waals surface area contributed by atoms with Crippen LogP contribution in [0.3, 0.4) is 0 Å². The van der Waals surface area contributed by atoms with Gasteiger partial charge in [0, 0.05) is 25.8 Å². The van der Waals surface area contributed by atoms with Gasteiger partial charge in [0.15, 0.2) is 0 Å². The van der Waals surface area contributed by atoms with E-state index in [-0.39, 0.29) is 6.54 Å². The fraction of sp³-hybridized carbons (Fsp3) is 0.786. The number of halogens is 2. The van der Waals surface area contributed by atoms with Crippen LogP contribution in [0, 0.1) is 0 Å². The zero-order valence-electron chi connectivity index (χ0n) is 11.8. The standard InChI is InChI=1S/C14H24F2N4/c15-14(16)11-19(9-7-17)10-12-6-8-20(18-12)13-4-2-1-3-5-13/h6,8,13-14H,1-5,7,9-11,17H2. The van der Waals surface area contributed by atoms with E-state index >= 15 is 0 Å². The van der Waals surface area contributed by atoms with Gasteiger partial charge in [0.1, 0.15) is 0 Å². The molecule has 0 radical (unpaired) electrons. The summed E-state index contributed by atoms with van der Waals surface area (Å²) in [7, 11) is 0. The summed E-state index contributed by atoms with van der Waals surface area (Å²) in [6.45, 7) is 1.06. The average Bonchev–Trinajstić information content (AvgIpc) is 2.88. The molecular formula is C14H24F2N4. The van der Waals surface area contributed by atoms with Gasteiger partial charge < -0.3 is 5.73 Å².